The zero-order chi connectivity index (χ0) is 12.3. The molecule has 0 aromatic carbocycles. The van der Waals surface area contributed by atoms with Gasteiger partial charge >= 0.3 is 0 Å². The number of rotatable bonds is 5. The van der Waals surface area contributed by atoms with Crippen LogP contribution in [0.4, 0.5) is 0 Å². The number of aromatic nitrogens is 3. The van der Waals surface area contributed by atoms with E-state index in [2.05, 4.69) is 46.8 Å². The van der Waals surface area contributed by atoms with Crippen LogP contribution in [0.3, 0.4) is 0 Å². The monoisotopic (exact) mass is 232 g/mol. The Morgan fingerprint density at radius 2 is 2.24 bits per heavy atom. The highest BCUT2D eigenvalue weighted by Gasteiger charge is 2.05. The van der Waals surface area contributed by atoms with Crippen LogP contribution in [0.5, 0.6) is 0 Å². The Morgan fingerprint density at radius 3 is 2.82 bits per heavy atom. The zero-order valence-electron chi connectivity index (χ0n) is 10.7. The largest absolute Gasteiger partial charge is 0.352 e. The first-order chi connectivity index (χ1) is 8.18. The van der Waals surface area contributed by atoms with E-state index in [1.807, 2.05) is 6.20 Å². The van der Waals surface area contributed by atoms with Crippen molar-refractivity contribution in [2.24, 2.45) is 7.05 Å². The van der Waals surface area contributed by atoms with Gasteiger partial charge in [-0.3, -0.25) is 0 Å². The van der Waals surface area contributed by atoms with Gasteiger partial charge in [0, 0.05) is 49.8 Å². The Morgan fingerprint density at radius 1 is 1.41 bits per heavy atom. The van der Waals surface area contributed by atoms with Crippen LogP contribution in [-0.4, -0.2) is 21.1 Å². The van der Waals surface area contributed by atoms with Gasteiger partial charge in [-0.15, -0.1) is 0 Å². The molecule has 2 rings (SSSR count). The smallest absolute Gasteiger partial charge is 0.0921 e. The van der Waals surface area contributed by atoms with E-state index >= 15 is 0 Å². The molecule has 92 valence electrons. The van der Waals surface area contributed by atoms with E-state index in [0.717, 1.165) is 19.5 Å². The van der Waals surface area contributed by atoms with Crippen molar-refractivity contribution in [1.29, 1.82) is 0 Å². The van der Waals surface area contributed by atoms with Crippen LogP contribution in [0.25, 0.3) is 0 Å². The van der Waals surface area contributed by atoms with Gasteiger partial charge in [0.2, 0.25) is 0 Å². The molecule has 2 aromatic heterocycles. The third-order valence-electron chi connectivity index (χ3n) is 3.32. The van der Waals surface area contributed by atoms with Gasteiger partial charge in [0.15, 0.2) is 0 Å². The number of imidazole rings is 1. The number of hydrogen-bond donors (Lipinski definition) is 2. The zero-order valence-corrected chi connectivity index (χ0v) is 10.7. The second kappa shape index (κ2) is 5.19. The standard InChI is InChI=1S/C13H20N4/c1-10-6-12(11(2)17(10)3)7-14-5-4-13-8-15-9-16-13/h6,8-9,14H,4-5,7H2,1-3H3,(H,15,16). The van der Waals surface area contributed by atoms with Crippen molar-refractivity contribution >= 4 is 0 Å². The summed E-state index contributed by atoms with van der Waals surface area (Å²) < 4.78 is 2.23. The molecule has 0 spiro atoms. The van der Waals surface area contributed by atoms with Gasteiger partial charge in [0.05, 0.1) is 6.33 Å². The van der Waals surface area contributed by atoms with Crippen molar-refractivity contribution in [3.63, 3.8) is 0 Å². The maximum absolute atomic E-state index is 4.00. The lowest BCUT2D eigenvalue weighted by Gasteiger charge is -2.04. The van der Waals surface area contributed by atoms with Gasteiger partial charge in [-0.05, 0) is 25.5 Å². The van der Waals surface area contributed by atoms with Gasteiger partial charge in [0.25, 0.3) is 0 Å². The van der Waals surface area contributed by atoms with Gasteiger partial charge in [-0.25, -0.2) is 4.98 Å². The van der Waals surface area contributed by atoms with Crippen LogP contribution in [0.2, 0.25) is 0 Å². The molecule has 0 fully saturated rings. The van der Waals surface area contributed by atoms with Crippen molar-refractivity contribution < 1.29 is 0 Å². The topological polar surface area (TPSA) is 45.6 Å². The Labute approximate surface area is 102 Å². The molecular weight excluding hydrogens is 212 g/mol. The van der Waals surface area contributed by atoms with Crippen LogP contribution in [-0.2, 0) is 20.0 Å². The van der Waals surface area contributed by atoms with Gasteiger partial charge in [-0.2, -0.15) is 0 Å². The molecule has 0 aliphatic heterocycles. The number of nitrogens with one attached hydrogen (secondary N) is 2. The predicted octanol–water partition coefficient (Wildman–Crippen LogP) is 1.70. The third kappa shape index (κ3) is 2.77. The van der Waals surface area contributed by atoms with Gasteiger partial charge in [0.1, 0.15) is 0 Å². The van der Waals surface area contributed by atoms with Crippen molar-refractivity contribution in [3.05, 3.63) is 41.2 Å². The molecule has 0 saturated heterocycles. The Bertz CT molecular complexity index is 468. The first-order valence-electron chi connectivity index (χ1n) is 5.98. The minimum absolute atomic E-state index is 0.932. The van der Waals surface area contributed by atoms with Crippen LogP contribution >= 0.6 is 0 Å². The summed E-state index contributed by atoms with van der Waals surface area (Å²) in [6.45, 7) is 6.21. The van der Waals surface area contributed by atoms with Gasteiger partial charge < -0.3 is 14.9 Å². The van der Waals surface area contributed by atoms with Crippen LogP contribution in [0, 0.1) is 13.8 Å². The number of hydrogen-bond acceptors (Lipinski definition) is 2. The maximum Gasteiger partial charge on any atom is 0.0921 e. The molecule has 0 amide bonds. The molecule has 0 saturated carbocycles. The summed E-state index contributed by atoms with van der Waals surface area (Å²) in [5.74, 6) is 0. The Balaban J connectivity index is 1.80. The number of nitrogens with zero attached hydrogens (tertiary/aromatic N) is 2. The SMILES string of the molecule is Cc1cc(CNCCc2cnc[nH]2)c(C)n1C. The molecule has 2 N–H and O–H groups in total. The normalized spacial score (nSPS) is 11.0. The molecule has 0 aliphatic carbocycles. The van der Waals surface area contributed by atoms with Gasteiger partial charge in [-0.1, -0.05) is 0 Å². The fourth-order valence-corrected chi connectivity index (χ4v) is 1.98. The molecule has 2 aromatic rings. The van der Waals surface area contributed by atoms with Crippen molar-refractivity contribution in [2.75, 3.05) is 6.54 Å². The molecule has 0 unspecified atom stereocenters. The highest BCUT2D eigenvalue weighted by Crippen LogP contribution is 2.12. The summed E-state index contributed by atoms with van der Waals surface area (Å²) in [5.41, 5.74) is 5.22. The fourth-order valence-electron chi connectivity index (χ4n) is 1.98. The minimum atomic E-state index is 0.932. The Kier molecular flexibility index (Phi) is 3.64. The minimum Gasteiger partial charge on any atom is -0.352 e. The van der Waals surface area contributed by atoms with Crippen LogP contribution < -0.4 is 5.32 Å². The summed E-state index contributed by atoms with van der Waals surface area (Å²) >= 11 is 0. The van der Waals surface area contributed by atoms with E-state index in [0.29, 0.717) is 0 Å². The van der Waals surface area contributed by atoms with E-state index in [4.69, 9.17) is 0 Å². The molecule has 4 heteroatoms. The van der Waals surface area contributed by atoms with E-state index in [-0.39, 0.29) is 0 Å². The lowest BCUT2D eigenvalue weighted by molar-refractivity contribution is 0.676. The molecule has 17 heavy (non-hydrogen) atoms. The second-order valence-corrected chi connectivity index (χ2v) is 4.46. The molecule has 0 aliphatic rings. The molecule has 0 bridgehead atoms. The van der Waals surface area contributed by atoms with Crippen molar-refractivity contribution in [1.82, 2.24) is 19.9 Å². The molecule has 0 atom stereocenters. The Hall–Kier alpha value is -1.55. The number of H-pyrrole nitrogens is 1. The summed E-state index contributed by atoms with van der Waals surface area (Å²) in [5, 5.41) is 3.46. The van der Waals surface area contributed by atoms with E-state index in [1.165, 1.54) is 22.6 Å². The fraction of sp³-hybridized carbons (Fsp3) is 0.462. The van der Waals surface area contributed by atoms with E-state index in [9.17, 15) is 0 Å². The van der Waals surface area contributed by atoms with Crippen molar-refractivity contribution in [2.45, 2.75) is 26.8 Å². The van der Waals surface area contributed by atoms with E-state index < -0.39 is 0 Å². The first kappa shape index (κ1) is 11.9. The first-order valence-corrected chi connectivity index (χ1v) is 5.98. The summed E-state index contributed by atoms with van der Waals surface area (Å²) in [4.78, 5) is 7.11. The lowest BCUT2D eigenvalue weighted by atomic mass is 10.2. The highest BCUT2D eigenvalue weighted by molar-refractivity contribution is 5.26. The van der Waals surface area contributed by atoms with E-state index in [1.54, 1.807) is 6.33 Å². The summed E-state index contributed by atoms with van der Waals surface area (Å²) in [6.07, 6.45) is 4.59. The second-order valence-electron chi connectivity index (χ2n) is 4.46. The molecule has 2 heterocycles. The number of aryl methyl sites for hydroxylation is 1. The number of aromatic amines is 1. The van der Waals surface area contributed by atoms with Crippen LogP contribution in [0.15, 0.2) is 18.6 Å². The summed E-state index contributed by atoms with van der Waals surface area (Å²) in [6, 6.07) is 2.25. The van der Waals surface area contributed by atoms with Crippen molar-refractivity contribution in [3.8, 4) is 0 Å². The maximum atomic E-state index is 4.00. The average molecular weight is 232 g/mol. The predicted molar refractivity (Wildman–Crippen MR) is 68.9 cm³/mol. The third-order valence-corrected chi connectivity index (χ3v) is 3.32. The molecule has 4 nitrogen and oxygen atoms in total. The summed E-state index contributed by atoms with van der Waals surface area (Å²) in [7, 11) is 2.11. The molecular formula is C13H20N4. The average Bonchev–Trinajstić information content (AvgIpc) is 2.90. The molecule has 0 radical (unpaired) electrons. The quantitative estimate of drug-likeness (QED) is 0.771. The van der Waals surface area contributed by atoms with Crippen LogP contribution in [0.1, 0.15) is 22.6 Å². The lowest BCUT2D eigenvalue weighted by Crippen LogP contribution is -2.17. The highest BCUT2D eigenvalue weighted by atomic mass is 15.0.